The number of ether oxygens (including phenoxy) is 1. The normalized spacial score (nSPS) is 10.2. The lowest BCUT2D eigenvalue weighted by Gasteiger charge is -2.24. The molecule has 0 radical (unpaired) electrons. The first-order valence-corrected chi connectivity index (χ1v) is 4.38. The summed E-state index contributed by atoms with van der Waals surface area (Å²) < 4.78 is 6.22. The third kappa shape index (κ3) is 10.3. The van der Waals surface area contributed by atoms with Crippen LogP contribution in [0.2, 0.25) is 0 Å². The molecule has 80 valence electrons. The predicted octanol–water partition coefficient (Wildman–Crippen LogP) is -2.44. The summed E-state index contributed by atoms with van der Waals surface area (Å²) in [6.45, 7) is 1.65. The first kappa shape index (κ1) is 15.8. The van der Waals surface area contributed by atoms with Crippen molar-refractivity contribution < 1.29 is 33.2 Å². The number of nitrogens with zero attached hydrogens (tertiary/aromatic N) is 2. The Balaban J connectivity index is 0. The third-order valence-electron chi connectivity index (χ3n) is 1.35. The molecule has 0 fully saturated rings. The lowest BCUT2D eigenvalue weighted by atomic mass is 10.5. The maximum Gasteiger partial charge on any atom is 0.258 e. The summed E-state index contributed by atoms with van der Waals surface area (Å²) in [7, 11) is 10.1. The Hall–Kier alpha value is 0.380. The minimum atomic E-state index is 0. The van der Waals surface area contributed by atoms with Gasteiger partial charge >= 0.3 is 0 Å². The van der Waals surface area contributed by atoms with Crippen molar-refractivity contribution in [3.8, 4) is 0 Å². The van der Waals surface area contributed by atoms with E-state index >= 15 is 0 Å². The molecule has 0 rings (SSSR count). The molecule has 0 bridgehead atoms. The molecule has 0 saturated carbocycles. The van der Waals surface area contributed by atoms with Crippen molar-refractivity contribution >= 4 is 17.4 Å². The topological polar surface area (TPSA) is 12.5 Å². The van der Waals surface area contributed by atoms with Crippen LogP contribution in [0.25, 0.3) is 0 Å². The molecule has 0 aromatic rings. The van der Waals surface area contributed by atoms with E-state index in [1.807, 2.05) is 14.1 Å². The number of likely N-dealkylation sites (N-methyl/N-ethyl adjacent to an activating group) is 1. The first-order chi connectivity index (χ1) is 5.33. The van der Waals surface area contributed by atoms with Crippen LogP contribution >= 0.6 is 12.2 Å². The van der Waals surface area contributed by atoms with Crippen LogP contribution in [0.3, 0.4) is 0 Å². The number of quaternary nitrogens is 1. The van der Waals surface area contributed by atoms with E-state index in [0.717, 1.165) is 11.0 Å². The van der Waals surface area contributed by atoms with E-state index in [2.05, 4.69) is 21.1 Å². The molecule has 0 atom stereocenters. The van der Waals surface area contributed by atoms with Gasteiger partial charge in [-0.3, -0.25) is 0 Å². The first-order valence-electron chi connectivity index (χ1n) is 3.97. The SMILES string of the molecule is CN(C)C(=S)OCC[N+](C)(C)C.[I-]. The smallest absolute Gasteiger partial charge is 0.258 e. The zero-order valence-electron chi connectivity index (χ0n) is 9.00. The van der Waals surface area contributed by atoms with E-state index in [1.54, 1.807) is 4.90 Å². The molecule has 0 aliphatic heterocycles. The lowest BCUT2D eigenvalue weighted by molar-refractivity contribution is -0.870. The van der Waals surface area contributed by atoms with E-state index in [9.17, 15) is 0 Å². The molecular weight excluding hydrogens is 299 g/mol. The second-order valence-corrected chi connectivity index (χ2v) is 4.37. The Morgan fingerprint density at radius 3 is 2.08 bits per heavy atom. The van der Waals surface area contributed by atoms with E-state index in [4.69, 9.17) is 17.0 Å². The molecule has 0 amide bonds. The zero-order chi connectivity index (χ0) is 9.78. The molecule has 0 aromatic carbocycles. The van der Waals surface area contributed by atoms with Gasteiger partial charge in [0.25, 0.3) is 5.17 Å². The molecule has 0 N–H and O–H groups in total. The van der Waals surface area contributed by atoms with Gasteiger partial charge < -0.3 is 38.1 Å². The highest BCUT2D eigenvalue weighted by Crippen LogP contribution is 1.92. The van der Waals surface area contributed by atoms with Crippen LogP contribution in [0.1, 0.15) is 0 Å². The van der Waals surface area contributed by atoms with Crippen LogP contribution in [-0.2, 0) is 4.74 Å². The summed E-state index contributed by atoms with van der Waals surface area (Å²) in [5, 5.41) is 0.559. The maximum atomic E-state index is 5.32. The predicted molar refractivity (Wildman–Crippen MR) is 55.1 cm³/mol. The van der Waals surface area contributed by atoms with Crippen LogP contribution in [0.4, 0.5) is 0 Å². The van der Waals surface area contributed by atoms with Gasteiger partial charge in [-0.2, -0.15) is 0 Å². The quantitative estimate of drug-likeness (QED) is 0.326. The van der Waals surface area contributed by atoms with Crippen molar-refractivity contribution in [1.82, 2.24) is 4.90 Å². The highest BCUT2D eigenvalue weighted by Gasteiger charge is 2.07. The molecule has 3 nitrogen and oxygen atoms in total. The fourth-order valence-electron chi connectivity index (χ4n) is 0.536. The average Bonchev–Trinajstić information content (AvgIpc) is 1.84. The molecule has 0 saturated heterocycles. The summed E-state index contributed by atoms with van der Waals surface area (Å²) in [4.78, 5) is 1.80. The number of hydrogen-bond donors (Lipinski definition) is 0. The van der Waals surface area contributed by atoms with Gasteiger partial charge in [0.2, 0.25) is 0 Å². The number of rotatable bonds is 3. The van der Waals surface area contributed by atoms with Crippen LogP contribution in [-0.4, -0.2) is 62.9 Å². The number of halogens is 1. The van der Waals surface area contributed by atoms with Crippen LogP contribution in [0.15, 0.2) is 0 Å². The lowest BCUT2D eigenvalue weighted by Crippen LogP contribution is -3.00. The van der Waals surface area contributed by atoms with Crippen LogP contribution in [0.5, 0.6) is 0 Å². The molecular formula is C8H19IN2OS. The summed E-state index contributed by atoms with van der Waals surface area (Å²) in [5.74, 6) is 0. The Morgan fingerprint density at radius 1 is 1.31 bits per heavy atom. The standard InChI is InChI=1S/C8H19N2OS.HI/c1-9(2)8(12)11-7-6-10(3,4)5;/h6-7H2,1-5H3;1H/q+1;/p-1. The van der Waals surface area contributed by atoms with Crippen molar-refractivity contribution in [2.45, 2.75) is 0 Å². The molecule has 5 heteroatoms. The van der Waals surface area contributed by atoms with Crippen LogP contribution < -0.4 is 24.0 Å². The van der Waals surface area contributed by atoms with E-state index in [0.29, 0.717) is 11.8 Å². The van der Waals surface area contributed by atoms with Crippen molar-refractivity contribution in [1.29, 1.82) is 0 Å². The second-order valence-electron chi connectivity index (χ2n) is 4.02. The highest BCUT2D eigenvalue weighted by atomic mass is 127. The van der Waals surface area contributed by atoms with E-state index < -0.39 is 0 Å². The molecule has 0 heterocycles. The van der Waals surface area contributed by atoms with Crippen LogP contribution in [0, 0.1) is 0 Å². The highest BCUT2D eigenvalue weighted by molar-refractivity contribution is 7.80. The van der Waals surface area contributed by atoms with Crippen molar-refractivity contribution in [2.24, 2.45) is 0 Å². The third-order valence-corrected chi connectivity index (χ3v) is 1.84. The summed E-state index contributed by atoms with van der Waals surface area (Å²) >= 11 is 4.96. The Labute approximate surface area is 104 Å². The summed E-state index contributed by atoms with van der Waals surface area (Å²) in [5.41, 5.74) is 0. The molecule has 0 aliphatic carbocycles. The van der Waals surface area contributed by atoms with Crippen molar-refractivity contribution in [3.63, 3.8) is 0 Å². The molecule has 0 spiro atoms. The van der Waals surface area contributed by atoms with Gasteiger partial charge in [0.1, 0.15) is 13.2 Å². The van der Waals surface area contributed by atoms with E-state index in [-0.39, 0.29) is 24.0 Å². The average molecular weight is 318 g/mol. The summed E-state index contributed by atoms with van der Waals surface area (Å²) in [6.07, 6.45) is 0. The van der Waals surface area contributed by atoms with Gasteiger partial charge in [-0.1, -0.05) is 0 Å². The summed E-state index contributed by atoms with van der Waals surface area (Å²) in [6, 6.07) is 0. The Kier molecular flexibility index (Phi) is 8.26. The zero-order valence-corrected chi connectivity index (χ0v) is 12.0. The minimum Gasteiger partial charge on any atom is -1.00 e. The van der Waals surface area contributed by atoms with Gasteiger partial charge in [0.15, 0.2) is 0 Å². The fraction of sp³-hybridized carbons (Fsp3) is 0.875. The molecule has 0 aliphatic rings. The van der Waals surface area contributed by atoms with Gasteiger partial charge in [0.05, 0.1) is 21.1 Å². The minimum absolute atomic E-state index is 0. The number of hydrogen-bond acceptors (Lipinski definition) is 2. The molecule has 0 unspecified atom stereocenters. The molecule has 13 heavy (non-hydrogen) atoms. The van der Waals surface area contributed by atoms with Crippen molar-refractivity contribution in [2.75, 3.05) is 48.4 Å². The molecule has 0 aromatic heterocycles. The monoisotopic (exact) mass is 318 g/mol. The van der Waals surface area contributed by atoms with Gasteiger partial charge in [-0.25, -0.2) is 0 Å². The Morgan fingerprint density at radius 2 is 1.77 bits per heavy atom. The number of thiocarbonyl (C=S) groups is 1. The van der Waals surface area contributed by atoms with Gasteiger partial charge in [-0.05, 0) is 12.2 Å². The van der Waals surface area contributed by atoms with Gasteiger partial charge in [-0.15, -0.1) is 0 Å². The maximum absolute atomic E-state index is 5.32. The van der Waals surface area contributed by atoms with E-state index in [1.165, 1.54) is 0 Å². The van der Waals surface area contributed by atoms with Gasteiger partial charge in [0, 0.05) is 14.1 Å². The second kappa shape index (κ2) is 6.78. The van der Waals surface area contributed by atoms with Crippen molar-refractivity contribution in [3.05, 3.63) is 0 Å². The fourth-order valence-corrected chi connectivity index (χ4v) is 0.619. The largest absolute Gasteiger partial charge is 1.00 e. The Bertz CT molecular complexity index is 157.